The molecule has 3 aromatic rings. The van der Waals surface area contributed by atoms with Crippen molar-refractivity contribution >= 4 is 22.6 Å². The van der Waals surface area contributed by atoms with Crippen molar-refractivity contribution in [3.05, 3.63) is 53.7 Å². The highest BCUT2D eigenvalue weighted by Gasteiger charge is 2.19. The highest BCUT2D eigenvalue weighted by molar-refractivity contribution is 6.05. The molecule has 0 saturated carbocycles. The average molecular weight is 407 g/mol. The van der Waals surface area contributed by atoms with Crippen molar-refractivity contribution in [2.75, 3.05) is 45.7 Å². The number of nitrogens with one attached hydrogen (secondary N) is 1. The van der Waals surface area contributed by atoms with Crippen LogP contribution in [0.3, 0.4) is 0 Å². The van der Waals surface area contributed by atoms with Gasteiger partial charge in [0.2, 0.25) is 5.88 Å². The molecule has 4 rings (SSSR count). The number of nitrogens with zero attached hydrogens (tertiary/aromatic N) is 4. The lowest BCUT2D eigenvalue weighted by molar-refractivity contribution is 0.101. The number of piperazine rings is 1. The maximum absolute atomic E-state index is 12.9. The van der Waals surface area contributed by atoms with E-state index in [9.17, 15) is 9.90 Å². The summed E-state index contributed by atoms with van der Waals surface area (Å²) >= 11 is 0. The van der Waals surface area contributed by atoms with E-state index >= 15 is 0 Å². The summed E-state index contributed by atoms with van der Waals surface area (Å²) in [5.41, 5.74) is 2.74. The molecule has 1 aliphatic heterocycles. The number of carbonyl (C=O) groups excluding carboxylic acids is 1. The molecule has 0 aliphatic carbocycles. The fourth-order valence-electron chi connectivity index (χ4n) is 3.50. The second-order valence-corrected chi connectivity index (χ2v) is 7.45. The summed E-state index contributed by atoms with van der Waals surface area (Å²) in [7, 11) is 3.57. The fourth-order valence-corrected chi connectivity index (χ4v) is 3.50. The normalized spacial score (nSPS) is 15.3. The number of fused-ring (bicyclic) bond motifs is 1. The molecular formula is C22H25N5O3. The number of aromatic hydroxyl groups is 1. The topological polar surface area (TPSA) is 90.8 Å². The first kappa shape index (κ1) is 20.1. The third-order valence-corrected chi connectivity index (χ3v) is 5.27. The van der Waals surface area contributed by atoms with Crippen LogP contribution >= 0.6 is 0 Å². The quantitative estimate of drug-likeness (QED) is 0.628. The zero-order valence-electron chi connectivity index (χ0n) is 17.1. The van der Waals surface area contributed by atoms with Gasteiger partial charge in [-0.15, -0.1) is 0 Å². The monoisotopic (exact) mass is 407 g/mol. The molecular weight excluding hydrogens is 382 g/mol. The maximum Gasteiger partial charge on any atom is 0.279 e. The van der Waals surface area contributed by atoms with Gasteiger partial charge in [-0.2, -0.15) is 0 Å². The largest absolute Gasteiger partial charge is 0.508 e. The molecule has 8 heteroatoms. The van der Waals surface area contributed by atoms with E-state index in [2.05, 4.69) is 32.1 Å². The van der Waals surface area contributed by atoms with E-state index in [0.29, 0.717) is 23.3 Å². The number of likely N-dealkylation sites (N-methyl/N-ethyl adjacent to an activating group) is 1. The standard InChI is InChI=1S/C22H25N5O3/c1-26-9-11-27(12-10-26)14-15-13-16(7-8-19(15)28)23-21(29)20-22(30-2)25-18-6-4-3-5-17(18)24-20/h3-8,13,28H,9-12,14H2,1-2H3,(H,23,29). The molecule has 2 aromatic carbocycles. The number of phenolic OH excluding ortho intramolecular Hbond substituents is 1. The molecule has 1 aliphatic rings. The van der Waals surface area contributed by atoms with E-state index < -0.39 is 5.91 Å². The minimum absolute atomic E-state index is 0.116. The van der Waals surface area contributed by atoms with Gasteiger partial charge in [0, 0.05) is 44.0 Å². The number of ether oxygens (including phenoxy) is 1. The van der Waals surface area contributed by atoms with Gasteiger partial charge in [0.15, 0.2) is 5.69 Å². The predicted octanol–water partition coefficient (Wildman–Crippen LogP) is 2.34. The summed E-state index contributed by atoms with van der Waals surface area (Å²) < 4.78 is 5.28. The number of anilines is 1. The zero-order valence-corrected chi connectivity index (χ0v) is 17.1. The van der Waals surface area contributed by atoms with Crippen LogP contribution in [0.25, 0.3) is 11.0 Å². The van der Waals surface area contributed by atoms with Gasteiger partial charge in [-0.05, 0) is 37.4 Å². The van der Waals surface area contributed by atoms with Crippen molar-refractivity contribution in [1.29, 1.82) is 0 Å². The lowest BCUT2D eigenvalue weighted by atomic mass is 10.1. The van der Waals surface area contributed by atoms with Crippen molar-refractivity contribution in [2.45, 2.75) is 6.54 Å². The Balaban J connectivity index is 1.54. The molecule has 8 nitrogen and oxygen atoms in total. The number of carbonyl (C=O) groups is 1. The van der Waals surface area contributed by atoms with Crippen LogP contribution in [0.4, 0.5) is 5.69 Å². The second kappa shape index (κ2) is 8.64. The lowest BCUT2D eigenvalue weighted by Gasteiger charge is -2.32. The summed E-state index contributed by atoms with van der Waals surface area (Å²) in [6, 6.07) is 12.4. The van der Waals surface area contributed by atoms with E-state index in [1.54, 1.807) is 24.3 Å². The van der Waals surface area contributed by atoms with Crippen LogP contribution in [-0.2, 0) is 6.54 Å². The summed E-state index contributed by atoms with van der Waals surface area (Å²) in [6.07, 6.45) is 0. The molecule has 1 saturated heterocycles. The Morgan fingerprint density at radius 2 is 1.80 bits per heavy atom. The third-order valence-electron chi connectivity index (χ3n) is 5.27. The van der Waals surface area contributed by atoms with Gasteiger partial charge in [-0.1, -0.05) is 12.1 Å². The van der Waals surface area contributed by atoms with E-state index in [1.165, 1.54) is 7.11 Å². The minimum atomic E-state index is -0.415. The van der Waals surface area contributed by atoms with Crippen molar-refractivity contribution in [3.8, 4) is 11.6 Å². The summed E-state index contributed by atoms with van der Waals surface area (Å²) in [4.78, 5) is 26.3. The zero-order chi connectivity index (χ0) is 21.1. The van der Waals surface area contributed by atoms with Gasteiger partial charge in [-0.3, -0.25) is 9.69 Å². The first-order valence-corrected chi connectivity index (χ1v) is 9.88. The Morgan fingerprint density at radius 1 is 1.10 bits per heavy atom. The highest BCUT2D eigenvalue weighted by Crippen LogP contribution is 2.25. The minimum Gasteiger partial charge on any atom is -0.508 e. The molecule has 2 N–H and O–H groups in total. The Hall–Kier alpha value is -3.23. The molecule has 30 heavy (non-hydrogen) atoms. The Kier molecular flexibility index (Phi) is 5.78. The molecule has 0 spiro atoms. The van der Waals surface area contributed by atoms with Crippen molar-refractivity contribution in [3.63, 3.8) is 0 Å². The van der Waals surface area contributed by atoms with Gasteiger partial charge in [-0.25, -0.2) is 9.97 Å². The number of hydrogen-bond donors (Lipinski definition) is 2. The number of hydrogen-bond acceptors (Lipinski definition) is 7. The van der Waals surface area contributed by atoms with Crippen LogP contribution in [0, 0.1) is 0 Å². The SMILES string of the molecule is COc1nc2ccccc2nc1C(=O)Nc1ccc(O)c(CN2CCN(C)CC2)c1. The van der Waals surface area contributed by atoms with Crippen LogP contribution in [0.15, 0.2) is 42.5 Å². The number of aromatic nitrogens is 2. The van der Waals surface area contributed by atoms with Gasteiger partial charge in [0.05, 0.1) is 18.1 Å². The van der Waals surface area contributed by atoms with Crippen LogP contribution in [0.5, 0.6) is 11.6 Å². The van der Waals surface area contributed by atoms with Crippen LogP contribution in [0.2, 0.25) is 0 Å². The van der Waals surface area contributed by atoms with Crippen molar-refractivity contribution in [2.24, 2.45) is 0 Å². The number of methoxy groups -OCH3 is 1. The smallest absolute Gasteiger partial charge is 0.279 e. The van der Waals surface area contributed by atoms with E-state index in [4.69, 9.17) is 4.74 Å². The van der Waals surface area contributed by atoms with Gasteiger partial charge < -0.3 is 20.1 Å². The molecule has 0 unspecified atom stereocenters. The molecule has 1 amide bonds. The molecule has 0 atom stereocenters. The Morgan fingerprint density at radius 3 is 2.50 bits per heavy atom. The predicted molar refractivity (Wildman–Crippen MR) is 115 cm³/mol. The molecule has 156 valence electrons. The lowest BCUT2D eigenvalue weighted by Crippen LogP contribution is -2.43. The van der Waals surface area contributed by atoms with Crippen LogP contribution in [-0.4, -0.2) is 71.1 Å². The summed E-state index contributed by atoms with van der Waals surface area (Å²) in [5.74, 6) is -0.0287. The van der Waals surface area contributed by atoms with Gasteiger partial charge >= 0.3 is 0 Å². The molecule has 1 aromatic heterocycles. The van der Waals surface area contributed by atoms with Crippen LogP contribution in [0.1, 0.15) is 16.1 Å². The van der Waals surface area contributed by atoms with Gasteiger partial charge in [0.25, 0.3) is 5.91 Å². The fraction of sp³-hybridized carbons (Fsp3) is 0.318. The third kappa shape index (κ3) is 4.34. The average Bonchev–Trinajstić information content (AvgIpc) is 2.76. The highest BCUT2D eigenvalue weighted by atomic mass is 16.5. The van der Waals surface area contributed by atoms with Crippen LogP contribution < -0.4 is 10.1 Å². The van der Waals surface area contributed by atoms with Crippen molar-refractivity contribution < 1.29 is 14.6 Å². The Labute approximate surface area is 175 Å². The number of rotatable bonds is 5. The molecule has 0 radical (unpaired) electrons. The van der Waals surface area contributed by atoms with Crippen molar-refractivity contribution in [1.82, 2.24) is 19.8 Å². The number of para-hydroxylation sites is 2. The molecule has 2 heterocycles. The second-order valence-electron chi connectivity index (χ2n) is 7.45. The molecule has 0 bridgehead atoms. The van der Waals surface area contributed by atoms with E-state index in [1.807, 2.05) is 18.2 Å². The van der Waals surface area contributed by atoms with Gasteiger partial charge in [0.1, 0.15) is 5.75 Å². The summed E-state index contributed by atoms with van der Waals surface area (Å²) in [6.45, 7) is 4.50. The maximum atomic E-state index is 12.9. The Bertz CT molecular complexity index is 1060. The number of phenols is 1. The number of benzene rings is 2. The van der Waals surface area contributed by atoms with E-state index in [0.717, 1.165) is 31.7 Å². The first-order chi connectivity index (χ1) is 14.5. The summed E-state index contributed by atoms with van der Waals surface area (Å²) in [5, 5.41) is 13.1. The molecule has 1 fully saturated rings. The first-order valence-electron chi connectivity index (χ1n) is 9.88. The number of amides is 1. The van der Waals surface area contributed by atoms with E-state index in [-0.39, 0.29) is 17.3 Å².